The fraction of sp³-hybridized carbons (Fsp3) is 0.0833. The molecule has 0 radical (unpaired) electrons. The highest BCUT2D eigenvalue weighted by Gasteiger charge is 2.35. The van der Waals surface area contributed by atoms with Crippen molar-refractivity contribution in [3.05, 3.63) is 105 Å². The standard InChI is InChI=1S/C24H17BrFNO3S/c25-20-10-3-1-7-17(20)14-27-23(28)22(31-24(27)29)13-16-6-5-9-19(12-16)30-15-18-8-2-4-11-21(18)26/h1-13H,14-15H2/b22-13-. The van der Waals surface area contributed by atoms with Crippen LogP contribution in [0.5, 0.6) is 5.75 Å². The Morgan fingerprint density at radius 2 is 1.71 bits per heavy atom. The third-order valence-corrected chi connectivity index (χ3v) is 6.35. The average Bonchev–Trinajstić information content (AvgIpc) is 3.02. The predicted octanol–water partition coefficient (Wildman–Crippen LogP) is 6.40. The van der Waals surface area contributed by atoms with Crippen LogP contribution in [0.4, 0.5) is 9.18 Å². The minimum absolute atomic E-state index is 0.0958. The van der Waals surface area contributed by atoms with Crippen molar-refractivity contribution in [2.45, 2.75) is 13.2 Å². The van der Waals surface area contributed by atoms with Crippen molar-refractivity contribution in [1.29, 1.82) is 0 Å². The molecular formula is C24H17BrFNO3S. The normalized spacial score (nSPS) is 15.0. The van der Waals surface area contributed by atoms with Gasteiger partial charge in [-0.3, -0.25) is 14.5 Å². The van der Waals surface area contributed by atoms with Crippen LogP contribution in [-0.2, 0) is 17.9 Å². The second kappa shape index (κ2) is 9.49. The van der Waals surface area contributed by atoms with Gasteiger partial charge in [0.15, 0.2) is 0 Å². The smallest absolute Gasteiger partial charge is 0.293 e. The number of hydrogen-bond donors (Lipinski definition) is 0. The number of imide groups is 1. The molecule has 4 nitrogen and oxygen atoms in total. The molecule has 2 amide bonds. The molecule has 156 valence electrons. The maximum atomic E-state index is 13.8. The zero-order valence-electron chi connectivity index (χ0n) is 16.3. The molecule has 0 unspecified atom stereocenters. The first-order valence-corrected chi connectivity index (χ1v) is 11.1. The number of carbonyl (C=O) groups is 2. The average molecular weight is 498 g/mol. The quantitative estimate of drug-likeness (QED) is 0.369. The fourth-order valence-corrected chi connectivity index (χ4v) is 4.30. The maximum absolute atomic E-state index is 13.8. The molecule has 4 rings (SSSR count). The Hall–Kier alpha value is -2.90. The number of carbonyl (C=O) groups excluding carboxylic acids is 2. The highest BCUT2D eigenvalue weighted by atomic mass is 79.9. The summed E-state index contributed by atoms with van der Waals surface area (Å²) >= 11 is 4.36. The Morgan fingerprint density at radius 1 is 0.968 bits per heavy atom. The lowest BCUT2D eigenvalue weighted by Gasteiger charge is -2.13. The molecular weight excluding hydrogens is 481 g/mol. The number of halogens is 2. The summed E-state index contributed by atoms with van der Waals surface area (Å²) in [5, 5.41) is -0.307. The number of hydrogen-bond acceptors (Lipinski definition) is 4. The molecule has 0 saturated carbocycles. The SMILES string of the molecule is O=C1S/C(=C\c2cccc(OCc3ccccc3F)c2)C(=O)N1Cc1ccccc1Br. The Kier molecular flexibility index (Phi) is 6.53. The molecule has 0 spiro atoms. The molecule has 0 atom stereocenters. The third-order valence-electron chi connectivity index (χ3n) is 4.67. The second-order valence-electron chi connectivity index (χ2n) is 6.81. The van der Waals surface area contributed by atoms with Crippen LogP contribution in [0, 0.1) is 5.82 Å². The third kappa shape index (κ3) is 5.06. The van der Waals surface area contributed by atoms with E-state index in [0.717, 1.165) is 27.4 Å². The van der Waals surface area contributed by atoms with E-state index < -0.39 is 0 Å². The number of benzene rings is 3. The van der Waals surface area contributed by atoms with E-state index in [9.17, 15) is 14.0 Å². The molecule has 0 N–H and O–H groups in total. The Bertz CT molecular complexity index is 1180. The summed E-state index contributed by atoms with van der Waals surface area (Å²) in [7, 11) is 0. The van der Waals surface area contributed by atoms with E-state index in [-0.39, 0.29) is 30.1 Å². The summed E-state index contributed by atoms with van der Waals surface area (Å²) in [5.74, 6) is -0.106. The first-order chi connectivity index (χ1) is 15.0. The van der Waals surface area contributed by atoms with Gasteiger partial charge in [-0.2, -0.15) is 0 Å². The van der Waals surface area contributed by atoms with E-state index >= 15 is 0 Å². The predicted molar refractivity (Wildman–Crippen MR) is 123 cm³/mol. The molecule has 1 aliphatic heterocycles. The maximum Gasteiger partial charge on any atom is 0.293 e. The van der Waals surface area contributed by atoms with Gasteiger partial charge in [-0.25, -0.2) is 4.39 Å². The van der Waals surface area contributed by atoms with Crippen LogP contribution in [0.2, 0.25) is 0 Å². The van der Waals surface area contributed by atoms with Gasteiger partial charge < -0.3 is 4.74 Å². The summed E-state index contributed by atoms with van der Waals surface area (Å²) in [4.78, 5) is 26.8. The molecule has 7 heteroatoms. The van der Waals surface area contributed by atoms with E-state index in [1.165, 1.54) is 11.0 Å². The molecule has 0 aromatic heterocycles. The molecule has 3 aromatic rings. The van der Waals surface area contributed by atoms with Crippen molar-refractivity contribution < 1.29 is 18.7 Å². The van der Waals surface area contributed by atoms with E-state index in [2.05, 4.69) is 15.9 Å². The lowest BCUT2D eigenvalue weighted by atomic mass is 10.2. The van der Waals surface area contributed by atoms with Gasteiger partial charge >= 0.3 is 0 Å². The van der Waals surface area contributed by atoms with Crippen LogP contribution < -0.4 is 4.74 Å². The molecule has 1 fully saturated rings. The lowest BCUT2D eigenvalue weighted by Crippen LogP contribution is -2.27. The summed E-state index contributed by atoms with van der Waals surface area (Å²) in [5.41, 5.74) is 2.04. The molecule has 0 aliphatic carbocycles. The highest BCUT2D eigenvalue weighted by molar-refractivity contribution is 9.10. The van der Waals surface area contributed by atoms with E-state index in [0.29, 0.717) is 16.2 Å². The largest absolute Gasteiger partial charge is 0.489 e. The van der Waals surface area contributed by atoms with Crippen LogP contribution in [0.3, 0.4) is 0 Å². The Morgan fingerprint density at radius 3 is 2.48 bits per heavy atom. The van der Waals surface area contributed by atoms with Crippen molar-refractivity contribution in [2.75, 3.05) is 0 Å². The van der Waals surface area contributed by atoms with E-state index in [1.807, 2.05) is 30.3 Å². The molecule has 3 aromatic carbocycles. The first kappa shape index (κ1) is 21.3. The molecule has 1 aliphatic rings. The minimum Gasteiger partial charge on any atom is -0.489 e. The van der Waals surface area contributed by atoms with Crippen molar-refractivity contribution in [1.82, 2.24) is 4.90 Å². The summed E-state index contributed by atoms with van der Waals surface area (Å²) in [6, 6.07) is 21.0. The van der Waals surface area contributed by atoms with Crippen molar-refractivity contribution in [3.63, 3.8) is 0 Å². The zero-order valence-corrected chi connectivity index (χ0v) is 18.7. The minimum atomic E-state index is -0.330. The van der Waals surface area contributed by atoms with Gasteiger partial charge in [-0.1, -0.05) is 64.5 Å². The summed E-state index contributed by atoms with van der Waals surface area (Å²) < 4.78 is 20.3. The van der Waals surface area contributed by atoms with Gasteiger partial charge in [-0.15, -0.1) is 0 Å². The molecule has 1 saturated heterocycles. The van der Waals surface area contributed by atoms with E-state index in [4.69, 9.17) is 4.74 Å². The first-order valence-electron chi connectivity index (χ1n) is 9.46. The Labute approximate surface area is 191 Å². The van der Waals surface area contributed by atoms with Gasteiger partial charge in [-0.05, 0) is 53.2 Å². The van der Waals surface area contributed by atoms with Gasteiger partial charge in [0, 0.05) is 10.0 Å². The van der Waals surface area contributed by atoms with E-state index in [1.54, 1.807) is 42.5 Å². The highest BCUT2D eigenvalue weighted by Crippen LogP contribution is 2.34. The van der Waals surface area contributed by atoms with Crippen LogP contribution in [0.25, 0.3) is 6.08 Å². The number of thioether (sulfide) groups is 1. The van der Waals surface area contributed by atoms with Gasteiger partial charge in [0.1, 0.15) is 18.2 Å². The van der Waals surface area contributed by atoms with Crippen LogP contribution in [0.15, 0.2) is 82.2 Å². The number of amides is 2. The second-order valence-corrected chi connectivity index (χ2v) is 8.66. The Balaban J connectivity index is 1.48. The number of ether oxygens (including phenoxy) is 1. The number of nitrogens with zero attached hydrogens (tertiary/aromatic N) is 1. The zero-order chi connectivity index (χ0) is 21.8. The van der Waals surface area contributed by atoms with Crippen molar-refractivity contribution in [3.8, 4) is 5.75 Å². The van der Waals surface area contributed by atoms with Gasteiger partial charge in [0.2, 0.25) is 0 Å². The molecule has 0 bridgehead atoms. The van der Waals surface area contributed by atoms with Crippen LogP contribution in [0.1, 0.15) is 16.7 Å². The van der Waals surface area contributed by atoms with Crippen LogP contribution in [-0.4, -0.2) is 16.0 Å². The summed E-state index contributed by atoms with van der Waals surface area (Å²) in [6.07, 6.45) is 1.67. The van der Waals surface area contributed by atoms with Crippen molar-refractivity contribution >= 4 is 44.9 Å². The van der Waals surface area contributed by atoms with Crippen molar-refractivity contribution in [2.24, 2.45) is 0 Å². The fourth-order valence-electron chi connectivity index (χ4n) is 3.06. The van der Waals surface area contributed by atoms with Gasteiger partial charge in [0.05, 0.1) is 11.4 Å². The monoisotopic (exact) mass is 497 g/mol. The lowest BCUT2D eigenvalue weighted by molar-refractivity contribution is -0.123. The summed E-state index contributed by atoms with van der Waals surface area (Å²) in [6.45, 7) is 0.299. The van der Waals surface area contributed by atoms with Crippen LogP contribution >= 0.6 is 27.7 Å². The topological polar surface area (TPSA) is 46.6 Å². The molecule has 31 heavy (non-hydrogen) atoms. The van der Waals surface area contributed by atoms with Gasteiger partial charge in [0.25, 0.3) is 11.1 Å². The number of rotatable bonds is 6. The molecule has 1 heterocycles.